The smallest absolute Gasteiger partial charge is 0.265 e. The summed E-state index contributed by atoms with van der Waals surface area (Å²) in [5.74, 6) is 0.228. The molecule has 3 N–H and O–H groups in total. The Labute approximate surface area is 110 Å². The van der Waals surface area contributed by atoms with Crippen LogP contribution in [0, 0.1) is 0 Å². The minimum Gasteiger partial charge on any atom is -0.479 e. The van der Waals surface area contributed by atoms with Gasteiger partial charge in [0, 0.05) is 6.54 Å². The van der Waals surface area contributed by atoms with Crippen LogP contribution in [0.2, 0.25) is 0 Å². The van der Waals surface area contributed by atoms with Gasteiger partial charge < -0.3 is 20.5 Å². The molecule has 0 fully saturated rings. The highest BCUT2D eigenvalue weighted by molar-refractivity contribution is 5.97. The van der Waals surface area contributed by atoms with Crippen molar-refractivity contribution in [1.82, 2.24) is 5.32 Å². The largest absolute Gasteiger partial charge is 0.479 e. The molecule has 1 atom stereocenters. The minimum atomic E-state index is -0.508. The second-order valence-electron chi connectivity index (χ2n) is 4.33. The number of ether oxygens (including phenoxy) is 1. The summed E-state index contributed by atoms with van der Waals surface area (Å²) in [6, 6.07) is 5.24. The number of carbonyl (C=O) groups excluding carboxylic acids is 2. The van der Waals surface area contributed by atoms with Gasteiger partial charge in [0.15, 0.2) is 6.10 Å². The molecule has 2 rings (SSSR count). The van der Waals surface area contributed by atoms with Gasteiger partial charge in [-0.05, 0) is 24.6 Å². The number of fused-ring (bicyclic) bond motifs is 1. The second kappa shape index (κ2) is 5.71. The van der Waals surface area contributed by atoms with Crippen LogP contribution in [-0.4, -0.2) is 36.2 Å². The SMILES string of the molecule is CC1Oc2ccc(CC(=O)NCCO)cc2NC1=O. The van der Waals surface area contributed by atoms with Gasteiger partial charge in [0.25, 0.3) is 5.91 Å². The van der Waals surface area contributed by atoms with Crippen LogP contribution in [0.4, 0.5) is 5.69 Å². The van der Waals surface area contributed by atoms with Crippen molar-refractivity contribution in [2.45, 2.75) is 19.4 Å². The standard InChI is InChI=1S/C13H16N2O4/c1-8-13(18)15-10-6-9(2-3-11(10)19-8)7-12(17)14-4-5-16/h2-3,6,8,16H,4-5,7H2,1H3,(H,14,17)(H,15,18). The predicted molar refractivity (Wildman–Crippen MR) is 69.0 cm³/mol. The fourth-order valence-corrected chi connectivity index (χ4v) is 1.81. The molecule has 0 bridgehead atoms. The number of rotatable bonds is 4. The number of hydrogen-bond donors (Lipinski definition) is 3. The number of nitrogens with one attached hydrogen (secondary N) is 2. The number of aliphatic hydroxyl groups is 1. The lowest BCUT2D eigenvalue weighted by Gasteiger charge is -2.23. The minimum absolute atomic E-state index is 0.0856. The van der Waals surface area contributed by atoms with Crippen molar-refractivity contribution in [3.05, 3.63) is 23.8 Å². The van der Waals surface area contributed by atoms with E-state index in [0.717, 1.165) is 5.56 Å². The van der Waals surface area contributed by atoms with E-state index in [4.69, 9.17) is 9.84 Å². The van der Waals surface area contributed by atoms with Gasteiger partial charge in [-0.25, -0.2) is 0 Å². The monoisotopic (exact) mass is 264 g/mol. The summed E-state index contributed by atoms with van der Waals surface area (Å²) in [5.41, 5.74) is 1.35. The third-order valence-corrected chi connectivity index (χ3v) is 2.77. The third-order valence-electron chi connectivity index (χ3n) is 2.77. The van der Waals surface area contributed by atoms with E-state index in [9.17, 15) is 9.59 Å². The quantitative estimate of drug-likeness (QED) is 0.717. The molecule has 6 heteroatoms. The first-order valence-corrected chi connectivity index (χ1v) is 6.08. The topological polar surface area (TPSA) is 87.7 Å². The molecule has 0 spiro atoms. The Hall–Kier alpha value is -2.08. The van der Waals surface area contributed by atoms with Gasteiger partial charge in [0.2, 0.25) is 5.91 Å². The van der Waals surface area contributed by atoms with Crippen LogP contribution in [0.15, 0.2) is 18.2 Å². The molecule has 1 unspecified atom stereocenters. The zero-order valence-electron chi connectivity index (χ0n) is 10.6. The highest BCUT2D eigenvalue weighted by atomic mass is 16.5. The number of benzene rings is 1. The molecule has 1 heterocycles. The van der Waals surface area contributed by atoms with Crippen molar-refractivity contribution >= 4 is 17.5 Å². The molecule has 1 aliphatic heterocycles. The number of amides is 2. The number of hydrogen-bond acceptors (Lipinski definition) is 4. The Morgan fingerprint density at radius 2 is 2.32 bits per heavy atom. The molecular weight excluding hydrogens is 248 g/mol. The number of aliphatic hydroxyl groups excluding tert-OH is 1. The van der Waals surface area contributed by atoms with Crippen LogP contribution in [-0.2, 0) is 16.0 Å². The molecule has 2 amide bonds. The van der Waals surface area contributed by atoms with Crippen LogP contribution in [0.3, 0.4) is 0 Å². The average Bonchev–Trinajstić information content (AvgIpc) is 2.38. The predicted octanol–water partition coefficient (Wildman–Crippen LogP) is 0.0570. The lowest BCUT2D eigenvalue weighted by molar-refractivity contribution is -0.122. The molecule has 0 saturated heterocycles. The van der Waals surface area contributed by atoms with Crippen LogP contribution in [0.5, 0.6) is 5.75 Å². The summed E-state index contributed by atoms with van der Waals surface area (Å²) < 4.78 is 5.42. The molecule has 6 nitrogen and oxygen atoms in total. The lowest BCUT2D eigenvalue weighted by Crippen LogP contribution is -2.34. The fourth-order valence-electron chi connectivity index (χ4n) is 1.81. The van der Waals surface area contributed by atoms with Crippen molar-refractivity contribution in [1.29, 1.82) is 0 Å². The maximum Gasteiger partial charge on any atom is 0.265 e. The van der Waals surface area contributed by atoms with E-state index in [-0.39, 0.29) is 31.4 Å². The van der Waals surface area contributed by atoms with Crippen molar-refractivity contribution in [3.63, 3.8) is 0 Å². The fraction of sp³-hybridized carbons (Fsp3) is 0.385. The first-order valence-electron chi connectivity index (χ1n) is 6.08. The summed E-state index contributed by atoms with van der Waals surface area (Å²) >= 11 is 0. The van der Waals surface area contributed by atoms with E-state index in [1.165, 1.54) is 0 Å². The Morgan fingerprint density at radius 3 is 3.05 bits per heavy atom. The molecule has 19 heavy (non-hydrogen) atoms. The highest BCUT2D eigenvalue weighted by Crippen LogP contribution is 2.30. The second-order valence-corrected chi connectivity index (χ2v) is 4.33. The lowest BCUT2D eigenvalue weighted by atomic mass is 10.1. The molecule has 0 aliphatic carbocycles. The first-order chi connectivity index (χ1) is 9.10. The number of anilines is 1. The van der Waals surface area contributed by atoms with Crippen molar-refractivity contribution in [2.75, 3.05) is 18.5 Å². The molecule has 0 saturated carbocycles. The van der Waals surface area contributed by atoms with Crippen LogP contribution < -0.4 is 15.4 Å². The zero-order chi connectivity index (χ0) is 13.8. The molecule has 1 aromatic rings. The van der Waals surface area contributed by atoms with Crippen molar-refractivity contribution in [3.8, 4) is 5.75 Å². The van der Waals surface area contributed by atoms with Crippen LogP contribution >= 0.6 is 0 Å². The van der Waals surface area contributed by atoms with Crippen molar-refractivity contribution < 1.29 is 19.4 Å². The molecular formula is C13H16N2O4. The summed E-state index contributed by atoms with van der Waals surface area (Å²) in [6.07, 6.45) is -0.315. The highest BCUT2D eigenvalue weighted by Gasteiger charge is 2.23. The van der Waals surface area contributed by atoms with Crippen LogP contribution in [0.1, 0.15) is 12.5 Å². The van der Waals surface area contributed by atoms with E-state index in [0.29, 0.717) is 11.4 Å². The van der Waals surface area contributed by atoms with E-state index in [2.05, 4.69) is 10.6 Å². The van der Waals surface area contributed by atoms with E-state index in [1.54, 1.807) is 25.1 Å². The molecule has 0 radical (unpaired) electrons. The Balaban J connectivity index is 2.07. The van der Waals surface area contributed by atoms with E-state index >= 15 is 0 Å². The van der Waals surface area contributed by atoms with Crippen LogP contribution in [0.25, 0.3) is 0 Å². The number of carbonyl (C=O) groups is 2. The van der Waals surface area contributed by atoms with Gasteiger partial charge in [-0.3, -0.25) is 9.59 Å². The van der Waals surface area contributed by atoms with Gasteiger partial charge in [0.1, 0.15) is 5.75 Å². The van der Waals surface area contributed by atoms with Gasteiger partial charge in [-0.2, -0.15) is 0 Å². The van der Waals surface area contributed by atoms with Crippen molar-refractivity contribution in [2.24, 2.45) is 0 Å². The molecule has 0 aromatic heterocycles. The summed E-state index contributed by atoms with van der Waals surface area (Å²) in [6.45, 7) is 1.83. The van der Waals surface area contributed by atoms with Gasteiger partial charge in [-0.1, -0.05) is 6.07 Å². The Kier molecular flexibility index (Phi) is 4.01. The summed E-state index contributed by atoms with van der Waals surface area (Å²) in [5, 5.41) is 13.9. The van der Waals surface area contributed by atoms with E-state index < -0.39 is 6.10 Å². The van der Waals surface area contributed by atoms with Gasteiger partial charge in [0.05, 0.1) is 18.7 Å². The summed E-state index contributed by atoms with van der Waals surface area (Å²) in [4.78, 5) is 23.0. The molecule has 1 aromatic carbocycles. The molecule has 1 aliphatic rings. The van der Waals surface area contributed by atoms with Gasteiger partial charge in [-0.15, -0.1) is 0 Å². The Bertz CT molecular complexity index is 501. The maximum absolute atomic E-state index is 11.5. The van der Waals surface area contributed by atoms with E-state index in [1.807, 2.05) is 0 Å². The third kappa shape index (κ3) is 3.23. The Morgan fingerprint density at radius 1 is 1.53 bits per heavy atom. The normalized spacial score (nSPS) is 17.2. The van der Waals surface area contributed by atoms with Gasteiger partial charge >= 0.3 is 0 Å². The maximum atomic E-state index is 11.5. The first kappa shape index (κ1) is 13.4. The zero-order valence-corrected chi connectivity index (χ0v) is 10.6. The average molecular weight is 264 g/mol. The summed E-state index contributed by atoms with van der Waals surface area (Å²) in [7, 11) is 0. The molecule has 102 valence electrons.